The average Bonchev–Trinajstić information content (AvgIpc) is 2.81. The second-order valence-electron chi connectivity index (χ2n) is 4.15. The maximum Gasteiger partial charge on any atom is 0.138 e. The van der Waals surface area contributed by atoms with Crippen molar-refractivity contribution >= 4 is 27.0 Å². The predicted octanol–water partition coefficient (Wildman–Crippen LogP) is 3.45. The molecule has 0 aliphatic rings. The van der Waals surface area contributed by atoms with E-state index in [1.165, 1.54) is 0 Å². The van der Waals surface area contributed by atoms with Gasteiger partial charge in [-0.15, -0.1) is 0 Å². The second-order valence-corrected chi connectivity index (χ2v) is 5.06. The van der Waals surface area contributed by atoms with Gasteiger partial charge >= 0.3 is 0 Å². The summed E-state index contributed by atoms with van der Waals surface area (Å²) < 4.78 is 1.05. The molecule has 0 fully saturated rings. The molecular formula is C14H12BrN3. The van der Waals surface area contributed by atoms with E-state index in [9.17, 15) is 0 Å². The first-order valence-corrected chi connectivity index (χ1v) is 6.50. The van der Waals surface area contributed by atoms with E-state index < -0.39 is 0 Å². The molecule has 1 aromatic heterocycles. The zero-order valence-electron chi connectivity index (χ0n) is 9.65. The molecule has 0 unspecified atom stereocenters. The Morgan fingerprint density at radius 3 is 2.61 bits per heavy atom. The van der Waals surface area contributed by atoms with Gasteiger partial charge in [-0.1, -0.05) is 40.2 Å². The predicted molar refractivity (Wildman–Crippen MR) is 77.1 cm³/mol. The van der Waals surface area contributed by atoms with Gasteiger partial charge in [0.2, 0.25) is 0 Å². The van der Waals surface area contributed by atoms with Gasteiger partial charge < -0.3 is 10.7 Å². The van der Waals surface area contributed by atoms with Crippen LogP contribution in [0.2, 0.25) is 0 Å². The third-order valence-electron chi connectivity index (χ3n) is 2.91. The number of nitrogens with one attached hydrogen (secondary N) is 1. The van der Waals surface area contributed by atoms with Gasteiger partial charge in [-0.3, -0.25) is 0 Å². The first-order chi connectivity index (χ1) is 8.76. The number of hydrogen-bond acceptors (Lipinski definition) is 2. The number of imidazole rings is 1. The number of aromatic amines is 1. The van der Waals surface area contributed by atoms with E-state index in [2.05, 4.69) is 25.9 Å². The molecule has 3 aromatic rings. The molecule has 0 radical (unpaired) electrons. The molecule has 0 amide bonds. The third kappa shape index (κ3) is 2.05. The normalized spacial score (nSPS) is 11.0. The van der Waals surface area contributed by atoms with Crippen molar-refractivity contribution in [1.29, 1.82) is 0 Å². The van der Waals surface area contributed by atoms with Crippen molar-refractivity contribution in [3.05, 3.63) is 52.5 Å². The number of fused-ring (bicyclic) bond motifs is 1. The van der Waals surface area contributed by atoms with E-state index in [1.54, 1.807) is 0 Å². The van der Waals surface area contributed by atoms with Crippen LogP contribution in [0.1, 0.15) is 5.56 Å². The number of rotatable bonds is 2. The van der Waals surface area contributed by atoms with Crippen LogP contribution in [0.4, 0.5) is 0 Å². The standard InChI is InChI=1S/C14H12BrN3/c15-11-5-6-12-13(7-11)18-14(17-12)10-3-1-9(8-16)2-4-10/h1-7H,8,16H2,(H,17,18). The molecule has 90 valence electrons. The van der Waals surface area contributed by atoms with Crippen molar-refractivity contribution in [2.75, 3.05) is 0 Å². The number of nitrogens with two attached hydrogens (primary N) is 1. The Hall–Kier alpha value is -1.65. The van der Waals surface area contributed by atoms with Gasteiger partial charge in [0.05, 0.1) is 11.0 Å². The van der Waals surface area contributed by atoms with Crippen molar-refractivity contribution in [3.8, 4) is 11.4 Å². The van der Waals surface area contributed by atoms with Crippen molar-refractivity contribution < 1.29 is 0 Å². The van der Waals surface area contributed by atoms with Crippen LogP contribution < -0.4 is 5.73 Å². The number of nitrogens with zero attached hydrogens (tertiary/aromatic N) is 1. The Morgan fingerprint density at radius 2 is 1.89 bits per heavy atom. The summed E-state index contributed by atoms with van der Waals surface area (Å²) in [6, 6.07) is 14.1. The van der Waals surface area contributed by atoms with Crippen LogP contribution in [-0.2, 0) is 6.54 Å². The number of hydrogen-bond donors (Lipinski definition) is 2. The Labute approximate surface area is 113 Å². The number of halogens is 1. The first-order valence-electron chi connectivity index (χ1n) is 5.71. The maximum atomic E-state index is 5.59. The zero-order chi connectivity index (χ0) is 12.5. The Morgan fingerprint density at radius 1 is 1.11 bits per heavy atom. The van der Waals surface area contributed by atoms with Crippen LogP contribution in [-0.4, -0.2) is 9.97 Å². The highest BCUT2D eigenvalue weighted by Crippen LogP contribution is 2.23. The third-order valence-corrected chi connectivity index (χ3v) is 3.40. The van der Waals surface area contributed by atoms with Gasteiger partial charge in [-0.05, 0) is 23.8 Å². The summed E-state index contributed by atoms with van der Waals surface area (Å²) in [7, 11) is 0. The molecule has 0 saturated carbocycles. The lowest BCUT2D eigenvalue weighted by molar-refractivity contribution is 1.07. The molecule has 0 saturated heterocycles. The van der Waals surface area contributed by atoms with Crippen LogP contribution in [0, 0.1) is 0 Å². The molecule has 3 nitrogen and oxygen atoms in total. The maximum absolute atomic E-state index is 5.59. The Bertz CT molecular complexity index is 686. The smallest absolute Gasteiger partial charge is 0.138 e. The monoisotopic (exact) mass is 301 g/mol. The minimum Gasteiger partial charge on any atom is -0.338 e. The lowest BCUT2D eigenvalue weighted by Gasteiger charge is -1.98. The van der Waals surface area contributed by atoms with Crippen LogP contribution in [0.25, 0.3) is 22.4 Å². The van der Waals surface area contributed by atoms with Gasteiger partial charge in [0.15, 0.2) is 0 Å². The minimum atomic E-state index is 0.563. The lowest BCUT2D eigenvalue weighted by Crippen LogP contribution is -1.95. The van der Waals surface area contributed by atoms with Gasteiger partial charge in [-0.2, -0.15) is 0 Å². The summed E-state index contributed by atoms with van der Waals surface area (Å²) in [5, 5.41) is 0. The quantitative estimate of drug-likeness (QED) is 0.762. The molecule has 0 spiro atoms. The summed E-state index contributed by atoms with van der Waals surface area (Å²) in [6.07, 6.45) is 0. The molecule has 0 bridgehead atoms. The molecule has 4 heteroatoms. The zero-order valence-corrected chi connectivity index (χ0v) is 11.2. The SMILES string of the molecule is NCc1ccc(-c2nc3ccc(Br)cc3[nH]2)cc1. The van der Waals surface area contributed by atoms with Crippen molar-refractivity contribution in [2.24, 2.45) is 5.73 Å². The van der Waals surface area contributed by atoms with Crippen molar-refractivity contribution in [3.63, 3.8) is 0 Å². The summed E-state index contributed by atoms with van der Waals surface area (Å²) in [5.41, 5.74) is 9.78. The molecule has 1 heterocycles. The van der Waals surface area contributed by atoms with Crippen LogP contribution in [0.15, 0.2) is 46.9 Å². The highest BCUT2D eigenvalue weighted by atomic mass is 79.9. The summed E-state index contributed by atoms with van der Waals surface area (Å²) in [6.45, 7) is 0.563. The van der Waals surface area contributed by atoms with Gasteiger partial charge in [0.1, 0.15) is 5.82 Å². The van der Waals surface area contributed by atoms with Crippen molar-refractivity contribution in [1.82, 2.24) is 9.97 Å². The van der Waals surface area contributed by atoms with Gasteiger partial charge in [0, 0.05) is 16.6 Å². The molecular weight excluding hydrogens is 290 g/mol. The van der Waals surface area contributed by atoms with Crippen molar-refractivity contribution in [2.45, 2.75) is 6.54 Å². The number of benzene rings is 2. The lowest BCUT2D eigenvalue weighted by atomic mass is 10.1. The molecule has 3 N–H and O–H groups in total. The fraction of sp³-hybridized carbons (Fsp3) is 0.0714. The molecule has 0 aliphatic heterocycles. The van der Waals surface area contributed by atoms with Crippen LogP contribution in [0.5, 0.6) is 0 Å². The molecule has 0 atom stereocenters. The molecule has 18 heavy (non-hydrogen) atoms. The van der Waals surface area contributed by atoms with E-state index in [4.69, 9.17) is 5.73 Å². The highest BCUT2D eigenvalue weighted by molar-refractivity contribution is 9.10. The van der Waals surface area contributed by atoms with Crippen LogP contribution in [0.3, 0.4) is 0 Å². The van der Waals surface area contributed by atoms with E-state index in [-0.39, 0.29) is 0 Å². The van der Waals surface area contributed by atoms with E-state index in [1.807, 2.05) is 42.5 Å². The number of H-pyrrole nitrogens is 1. The van der Waals surface area contributed by atoms with Crippen LogP contribution >= 0.6 is 15.9 Å². The van der Waals surface area contributed by atoms with E-state index in [0.29, 0.717) is 6.54 Å². The van der Waals surface area contributed by atoms with Gasteiger partial charge in [-0.25, -0.2) is 4.98 Å². The minimum absolute atomic E-state index is 0.563. The Kier molecular flexibility index (Phi) is 2.89. The molecule has 2 aromatic carbocycles. The van der Waals surface area contributed by atoms with Gasteiger partial charge in [0.25, 0.3) is 0 Å². The number of aromatic nitrogens is 2. The fourth-order valence-electron chi connectivity index (χ4n) is 1.92. The summed E-state index contributed by atoms with van der Waals surface area (Å²) in [4.78, 5) is 7.89. The fourth-order valence-corrected chi connectivity index (χ4v) is 2.28. The molecule has 3 rings (SSSR count). The second kappa shape index (κ2) is 4.55. The molecule has 0 aliphatic carbocycles. The topological polar surface area (TPSA) is 54.7 Å². The van der Waals surface area contributed by atoms with E-state index >= 15 is 0 Å². The first kappa shape index (κ1) is 11.4. The summed E-state index contributed by atoms with van der Waals surface area (Å²) in [5.74, 6) is 0.881. The van der Waals surface area contributed by atoms with E-state index in [0.717, 1.165) is 32.5 Å². The summed E-state index contributed by atoms with van der Waals surface area (Å²) >= 11 is 3.46. The largest absolute Gasteiger partial charge is 0.338 e. The average molecular weight is 302 g/mol. The highest BCUT2D eigenvalue weighted by Gasteiger charge is 2.05. The Balaban J connectivity index is 2.07.